The summed E-state index contributed by atoms with van der Waals surface area (Å²) in [6.07, 6.45) is 2.53. The Bertz CT molecular complexity index is 772. The number of likely N-dealkylation sites (tertiary alicyclic amines) is 1. The zero-order valence-electron chi connectivity index (χ0n) is 15.1. The number of aromatic nitrogens is 1. The second-order valence-corrected chi connectivity index (χ2v) is 7.71. The quantitative estimate of drug-likeness (QED) is 0.855. The fraction of sp³-hybridized carbons (Fsp3) is 0.421. The van der Waals surface area contributed by atoms with Crippen molar-refractivity contribution < 1.29 is 9.59 Å². The van der Waals surface area contributed by atoms with Crippen molar-refractivity contribution >= 4 is 34.1 Å². The molecule has 0 bridgehead atoms. The number of urea groups is 1. The number of nitrogens with zero attached hydrogens (tertiary/aromatic N) is 2. The van der Waals surface area contributed by atoms with Crippen LogP contribution in [0, 0.1) is 12.8 Å². The Hall–Kier alpha value is -2.41. The minimum absolute atomic E-state index is 0.109. The van der Waals surface area contributed by atoms with E-state index in [0.29, 0.717) is 16.7 Å². The number of rotatable bonds is 4. The van der Waals surface area contributed by atoms with E-state index in [0.717, 1.165) is 30.8 Å². The van der Waals surface area contributed by atoms with Crippen LogP contribution in [0.2, 0.25) is 0 Å². The SMILES string of the molecule is Cc1ccc(NC(=O)Nc2nc(CC(=O)N3CCCC(C)C3)cs2)cc1. The van der Waals surface area contributed by atoms with Crippen LogP contribution in [0.3, 0.4) is 0 Å². The molecule has 1 unspecified atom stereocenters. The minimum Gasteiger partial charge on any atom is -0.342 e. The number of benzene rings is 1. The average Bonchev–Trinajstić information content (AvgIpc) is 3.03. The molecule has 2 aromatic rings. The maximum absolute atomic E-state index is 12.4. The summed E-state index contributed by atoms with van der Waals surface area (Å²) in [6.45, 7) is 5.83. The van der Waals surface area contributed by atoms with Gasteiger partial charge in [0.25, 0.3) is 0 Å². The highest BCUT2D eigenvalue weighted by atomic mass is 32.1. The Kier molecular flexibility index (Phi) is 5.88. The van der Waals surface area contributed by atoms with Gasteiger partial charge < -0.3 is 10.2 Å². The van der Waals surface area contributed by atoms with Crippen molar-refractivity contribution in [2.24, 2.45) is 5.92 Å². The molecule has 1 fully saturated rings. The Morgan fingerprint density at radius 1 is 1.27 bits per heavy atom. The van der Waals surface area contributed by atoms with Gasteiger partial charge >= 0.3 is 6.03 Å². The fourth-order valence-corrected chi connectivity index (χ4v) is 3.73. The highest BCUT2D eigenvalue weighted by Gasteiger charge is 2.21. The summed E-state index contributed by atoms with van der Waals surface area (Å²) in [5.74, 6) is 0.670. The predicted octanol–water partition coefficient (Wildman–Crippen LogP) is 3.90. The molecule has 1 atom stereocenters. The molecule has 1 aliphatic heterocycles. The molecule has 138 valence electrons. The third kappa shape index (κ3) is 5.05. The number of carbonyl (C=O) groups is 2. The van der Waals surface area contributed by atoms with Crippen molar-refractivity contribution in [2.45, 2.75) is 33.1 Å². The first-order chi connectivity index (χ1) is 12.5. The van der Waals surface area contributed by atoms with E-state index in [-0.39, 0.29) is 18.4 Å². The third-order valence-electron chi connectivity index (χ3n) is 4.42. The van der Waals surface area contributed by atoms with Crippen LogP contribution < -0.4 is 10.6 Å². The van der Waals surface area contributed by atoms with Crippen LogP contribution in [-0.2, 0) is 11.2 Å². The lowest BCUT2D eigenvalue weighted by Crippen LogP contribution is -2.39. The van der Waals surface area contributed by atoms with Crippen molar-refractivity contribution in [3.8, 4) is 0 Å². The highest BCUT2D eigenvalue weighted by molar-refractivity contribution is 7.14. The summed E-state index contributed by atoms with van der Waals surface area (Å²) < 4.78 is 0. The molecule has 2 N–H and O–H groups in total. The second kappa shape index (κ2) is 8.31. The summed E-state index contributed by atoms with van der Waals surface area (Å²) >= 11 is 1.33. The molecule has 0 aliphatic carbocycles. The van der Waals surface area contributed by atoms with Gasteiger partial charge in [0.05, 0.1) is 12.1 Å². The molecule has 7 heteroatoms. The molecule has 1 aromatic carbocycles. The topological polar surface area (TPSA) is 74.3 Å². The third-order valence-corrected chi connectivity index (χ3v) is 5.23. The largest absolute Gasteiger partial charge is 0.342 e. The molecule has 0 radical (unpaired) electrons. The zero-order chi connectivity index (χ0) is 18.5. The summed E-state index contributed by atoms with van der Waals surface area (Å²) in [6, 6.07) is 7.22. The minimum atomic E-state index is -0.342. The van der Waals surface area contributed by atoms with Crippen LogP contribution in [0.25, 0.3) is 0 Å². The maximum Gasteiger partial charge on any atom is 0.325 e. The number of anilines is 2. The van der Waals surface area contributed by atoms with Gasteiger partial charge in [-0.2, -0.15) is 0 Å². The second-order valence-electron chi connectivity index (χ2n) is 6.85. The van der Waals surface area contributed by atoms with Gasteiger partial charge in [0.15, 0.2) is 5.13 Å². The van der Waals surface area contributed by atoms with Gasteiger partial charge in [-0.15, -0.1) is 11.3 Å². The molecule has 1 aliphatic rings. The smallest absolute Gasteiger partial charge is 0.325 e. The van der Waals surface area contributed by atoms with E-state index < -0.39 is 0 Å². The molecule has 26 heavy (non-hydrogen) atoms. The van der Waals surface area contributed by atoms with E-state index in [1.807, 2.05) is 41.5 Å². The van der Waals surface area contributed by atoms with Crippen molar-refractivity contribution in [3.63, 3.8) is 0 Å². The normalized spacial score (nSPS) is 17.0. The number of hydrogen-bond donors (Lipinski definition) is 2. The fourth-order valence-electron chi connectivity index (χ4n) is 3.02. The molecule has 3 rings (SSSR count). The van der Waals surface area contributed by atoms with E-state index in [2.05, 4.69) is 22.5 Å². The van der Waals surface area contributed by atoms with Gasteiger partial charge in [-0.05, 0) is 37.8 Å². The number of hydrogen-bond acceptors (Lipinski definition) is 4. The first-order valence-electron chi connectivity index (χ1n) is 8.86. The van der Waals surface area contributed by atoms with E-state index >= 15 is 0 Å². The number of thiazole rings is 1. The molecule has 3 amide bonds. The first kappa shape index (κ1) is 18.4. The Labute approximate surface area is 157 Å². The van der Waals surface area contributed by atoms with Gasteiger partial charge in [-0.25, -0.2) is 9.78 Å². The Morgan fingerprint density at radius 2 is 2.04 bits per heavy atom. The number of carbonyl (C=O) groups excluding carboxylic acids is 2. The molecule has 1 saturated heterocycles. The Morgan fingerprint density at radius 3 is 2.77 bits per heavy atom. The van der Waals surface area contributed by atoms with Crippen molar-refractivity contribution in [3.05, 3.63) is 40.9 Å². The zero-order valence-corrected chi connectivity index (χ0v) is 15.9. The summed E-state index contributed by atoms with van der Waals surface area (Å²) in [5.41, 5.74) is 2.55. The number of piperidine rings is 1. The highest BCUT2D eigenvalue weighted by Crippen LogP contribution is 2.19. The maximum atomic E-state index is 12.4. The standard InChI is InChI=1S/C19H24N4O2S/c1-13-5-7-15(8-6-13)20-18(25)22-19-21-16(12-26-19)10-17(24)23-9-3-4-14(2)11-23/h5-8,12,14H,3-4,9-11H2,1-2H3,(H2,20,21,22,25). The average molecular weight is 372 g/mol. The molecular formula is C19H24N4O2S. The first-order valence-corrected chi connectivity index (χ1v) is 9.74. The van der Waals surface area contributed by atoms with Crippen LogP contribution in [0.5, 0.6) is 0 Å². The van der Waals surface area contributed by atoms with E-state index in [4.69, 9.17) is 0 Å². The monoisotopic (exact) mass is 372 g/mol. The molecular weight excluding hydrogens is 348 g/mol. The lowest BCUT2D eigenvalue weighted by Gasteiger charge is -2.30. The summed E-state index contributed by atoms with van der Waals surface area (Å²) in [7, 11) is 0. The van der Waals surface area contributed by atoms with E-state index in [9.17, 15) is 9.59 Å². The van der Waals surface area contributed by atoms with E-state index in [1.165, 1.54) is 17.8 Å². The van der Waals surface area contributed by atoms with Crippen molar-refractivity contribution in [1.82, 2.24) is 9.88 Å². The molecule has 0 spiro atoms. The van der Waals surface area contributed by atoms with Crippen molar-refractivity contribution in [1.29, 1.82) is 0 Å². The molecule has 0 saturated carbocycles. The van der Waals surface area contributed by atoms with Crippen LogP contribution in [0.15, 0.2) is 29.6 Å². The van der Waals surface area contributed by atoms with Crippen LogP contribution in [0.4, 0.5) is 15.6 Å². The van der Waals surface area contributed by atoms with Gasteiger partial charge in [0.1, 0.15) is 0 Å². The van der Waals surface area contributed by atoms with Crippen molar-refractivity contribution in [2.75, 3.05) is 23.7 Å². The Balaban J connectivity index is 1.51. The predicted molar refractivity (Wildman–Crippen MR) is 105 cm³/mol. The number of nitrogens with one attached hydrogen (secondary N) is 2. The van der Waals surface area contributed by atoms with Gasteiger partial charge in [-0.1, -0.05) is 24.6 Å². The van der Waals surface area contributed by atoms with Crippen LogP contribution in [0.1, 0.15) is 31.0 Å². The van der Waals surface area contributed by atoms with Crippen LogP contribution >= 0.6 is 11.3 Å². The lowest BCUT2D eigenvalue weighted by molar-refractivity contribution is -0.132. The molecule has 2 heterocycles. The van der Waals surface area contributed by atoms with Gasteiger partial charge in [0.2, 0.25) is 5.91 Å². The number of aryl methyl sites for hydroxylation is 1. The lowest BCUT2D eigenvalue weighted by atomic mass is 10.00. The van der Waals surface area contributed by atoms with Gasteiger partial charge in [0, 0.05) is 24.2 Å². The summed E-state index contributed by atoms with van der Waals surface area (Å²) in [4.78, 5) is 30.7. The van der Waals surface area contributed by atoms with E-state index in [1.54, 1.807) is 0 Å². The molecule has 6 nitrogen and oxygen atoms in total. The van der Waals surface area contributed by atoms with Crippen LogP contribution in [-0.4, -0.2) is 34.9 Å². The molecule has 1 aromatic heterocycles. The van der Waals surface area contributed by atoms with Gasteiger partial charge in [-0.3, -0.25) is 10.1 Å². The number of amides is 3. The summed E-state index contributed by atoms with van der Waals surface area (Å²) in [5, 5.41) is 7.80.